The highest BCUT2D eigenvalue weighted by Gasteiger charge is 2.05. The molecule has 0 aliphatic rings. The third kappa shape index (κ3) is 6.50. The summed E-state index contributed by atoms with van der Waals surface area (Å²) in [7, 11) is 0. The third-order valence-electron chi connectivity index (χ3n) is 2.38. The minimum Gasteiger partial charge on any atom is -0.481 e. The maximum absolute atomic E-state index is 11.7. The fraction of sp³-hybridized carbons (Fsp3) is 0.385. The molecule has 6 heteroatoms. The van der Waals surface area contributed by atoms with E-state index in [0.29, 0.717) is 22.9 Å². The first kappa shape index (κ1) is 15.9. The largest absolute Gasteiger partial charge is 0.481 e. The topological polar surface area (TPSA) is 66.4 Å². The minimum atomic E-state index is -0.804. The summed E-state index contributed by atoms with van der Waals surface area (Å²) in [4.78, 5) is 22.0. The molecule has 0 aliphatic carbocycles. The van der Waals surface area contributed by atoms with Gasteiger partial charge in [-0.2, -0.15) is 11.8 Å². The summed E-state index contributed by atoms with van der Waals surface area (Å²) in [6.45, 7) is 1.88. The molecule has 104 valence electrons. The molecule has 0 atom stereocenters. The van der Waals surface area contributed by atoms with Crippen LogP contribution in [0.2, 0.25) is 5.02 Å². The second-order valence-electron chi connectivity index (χ2n) is 4.06. The predicted octanol–water partition coefficient (Wildman–Crippen LogP) is 3.18. The van der Waals surface area contributed by atoms with Gasteiger partial charge in [-0.25, -0.2) is 0 Å². The Morgan fingerprint density at radius 2 is 2.16 bits per heavy atom. The molecule has 0 heterocycles. The van der Waals surface area contributed by atoms with E-state index < -0.39 is 5.97 Å². The van der Waals surface area contributed by atoms with E-state index in [9.17, 15) is 9.59 Å². The lowest BCUT2D eigenvalue weighted by Gasteiger charge is -2.08. The number of benzene rings is 1. The van der Waals surface area contributed by atoms with E-state index in [1.54, 1.807) is 18.2 Å². The van der Waals surface area contributed by atoms with Crippen molar-refractivity contribution in [1.82, 2.24) is 0 Å². The molecule has 0 unspecified atom stereocenters. The fourth-order valence-corrected chi connectivity index (χ4v) is 2.42. The number of anilines is 1. The van der Waals surface area contributed by atoms with Crippen LogP contribution in [0, 0.1) is 6.92 Å². The Hall–Kier alpha value is -1.20. The number of nitrogens with one attached hydrogen (secondary N) is 1. The molecule has 19 heavy (non-hydrogen) atoms. The molecule has 4 nitrogen and oxygen atoms in total. The van der Waals surface area contributed by atoms with Crippen molar-refractivity contribution < 1.29 is 14.7 Å². The molecule has 0 radical (unpaired) electrons. The molecule has 0 fully saturated rings. The van der Waals surface area contributed by atoms with Gasteiger partial charge in [0.25, 0.3) is 0 Å². The number of aryl methyl sites for hydroxylation is 1. The van der Waals surface area contributed by atoms with E-state index in [-0.39, 0.29) is 12.3 Å². The molecule has 0 bridgehead atoms. The Morgan fingerprint density at radius 1 is 1.42 bits per heavy atom. The van der Waals surface area contributed by atoms with Crippen LogP contribution in [-0.2, 0) is 9.59 Å². The van der Waals surface area contributed by atoms with Gasteiger partial charge in [0.05, 0.1) is 5.75 Å². The highest BCUT2D eigenvalue weighted by molar-refractivity contribution is 7.99. The Morgan fingerprint density at radius 3 is 2.79 bits per heavy atom. The number of halogens is 1. The number of hydrogen-bond acceptors (Lipinski definition) is 3. The van der Waals surface area contributed by atoms with Crippen LogP contribution in [0.1, 0.15) is 18.4 Å². The zero-order valence-electron chi connectivity index (χ0n) is 10.6. The molecule has 1 aromatic rings. The van der Waals surface area contributed by atoms with Crippen molar-refractivity contribution in [3.05, 3.63) is 28.8 Å². The summed E-state index contributed by atoms with van der Waals surface area (Å²) in [5.41, 5.74) is 1.66. The molecule has 1 aromatic carbocycles. The Kier molecular flexibility index (Phi) is 6.73. The van der Waals surface area contributed by atoms with Gasteiger partial charge >= 0.3 is 5.97 Å². The van der Waals surface area contributed by atoms with Gasteiger partial charge in [-0.3, -0.25) is 9.59 Å². The van der Waals surface area contributed by atoms with E-state index in [1.807, 2.05) is 6.92 Å². The summed E-state index contributed by atoms with van der Waals surface area (Å²) in [6, 6.07) is 5.28. The lowest BCUT2D eigenvalue weighted by molar-refractivity contribution is -0.137. The van der Waals surface area contributed by atoms with Crippen LogP contribution in [0.3, 0.4) is 0 Å². The summed E-state index contributed by atoms with van der Waals surface area (Å²) >= 11 is 7.26. The van der Waals surface area contributed by atoms with Gasteiger partial charge in [0.2, 0.25) is 5.91 Å². The van der Waals surface area contributed by atoms with E-state index in [2.05, 4.69) is 5.32 Å². The van der Waals surface area contributed by atoms with Crippen molar-refractivity contribution in [2.45, 2.75) is 19.8 Å². The lowest BCUT2D eigenvalue weighted by Crippen LogP contribution is -2.15. The Bertz CT molecular complexity index is 465. The lowest BCUT2D eigenvalue weighted by atomic mass is 10.2. The number of carboxylic acid groups (broad SMARTS) is 1. The highest BCUT2D eigenvalue weighted by atomic mass is 35.5. The molecule has 0 aromatic heterocycles. The maximum Gasteiger partial charge on any atom is 0.303 e. The molecular weight excluding hydrogens is 286 g/mol. The van der Waals surface area contributed by atoms with Crippen LogP contribution in [0.4, 0.5) is 5.69 Å². The average Bonchev–Trinajstić information content (AvgIpc) is 2.32. The second kappa shape index (κ2) is 8.07. The molecule has 0 saturated heterocycles. The Balaban J connectivity index is 2.29. The standard InChI is InChI=1S/C13H16ClNO3S/c1-9-7-10(14)4-5-11(9)15-12(16)8-19-6-2-3-13(17)18/h4-5,7H,2-3,6,8H2,1H3,(H,15,16)(H,17,18). The van der Waals surface area contributed by atoms with Gasteiger partial charge in [0.1, 0.15) is 0 Å². The van der Waals surface area contributed by atoms with Crippen LogP contribution >= 0.6 is 23.4 Å². The summed E-state index contributed by atoms with van der Waals surface area (Å²) in [5, 5.41) is 11.9. The van der Waals surface area contributed by atoms with Gasteiger partial charge in [-0.1, -0.05) is 11.6 Å². The van der Waals surface area contributed by atoms with Crippen molar-refractivity contribution in [2.75, 3.05) is 16.8 Å². The number of carbonyl (C=O) groups excluding carboxylic acids is 1. The number of amides is 1. The smallest absolute Gasteiger partial charge is 0.303 e. The molecular formula is C13H16ClNO3S. The molecule has 1 amide bonds. The van der Waals surface area contributed by atoms with Crippen molar-refractivity contribution in [3.8, 4) is 0 Å². The number of carbonyl (C=O) groups is 2. The Labute approximate surface area is 121 Å². The van der Waals surface area contributed by atoms with Crippen LogP contribution in [-0.4, -0.2) is 28.5 Å². The summed E-state index contributed by atoms with van der Waals surface area (Å²) < 4.78 is 0. The fourth-order valence-electron chi connectivity index (χ4n) is 1.44. The van der Waals surface area contributed by atoms with E-state index >= 15 is 0 Å². The molecule has 2 N–H and O–H groups in total. The quantitative estimate of drug-likeness (QED) is 0.759. The third-order valence-corrected chi connectivity index (χ3v) is 3.65. The number of carboxylic acids is 1. The average molecular weight is 302 g/mol. The van der Waals surface area contributed by atoms with Gasteiger partial charge < -0.3 is 10.4 Å². The van der Waals surface area contributed by atoms with Crippen molar-refractivity contribution in [3.63, 3.8) is 0 Å². The summed E-state index contributed by atoms with van der Waals surface area (Å²) in [6.07, 6.45) is 0.720. The van der Waals surface area contributed by atoms with Crippen molar-refractivity contribution >= 4 is 40.9 Å². The van der Waals surface area contributed by atoms with E-state index in [0.717, 1.165) is 11.3 Å². The maximum atomic E-state index is 11.7. The van der Waals surface area contributed by atoms with Crippen LogP contribution in [0.5, 0.6) is 0 Å². The summed E-state index contributed by atoms with van der Waals surface area (Å²) in [5.74, 6) is 0.0914. The van der Waals surface area contributed by atoms with E-state index in [4.69, 9.17) is 16.7 Å². The zero-order chi connectivity index (χ0) is 14.3. The monoisotopic (exact) mass is 301 g/mol. The number of aliphatic carboxylic acids is 1. The van der Waals surface area contributed by atoms with E-state index in [1.165, 1.54) is 11.8 Å². The number of thioether (sulfide) groups is 1. The van der Waals surface area contributed by atoms with Crippen LogP contribution in [0.25, 0.3) is 0 Å². The van der Waals surface area contributed by atoms with Crippen LogP contribution in [0.15, 0.2) is 18.2 Å². The molecule has 0 saturated carbocycles. The molecule has 1 rings (SSSR count). The normalized spacial score (nSPS) is 10.2. The highest BCUT2D eigenvalue weighted by Crippen LogP contribution is 2.19. The van der Waals surface area contributed by atoms with Gasteiger partial charge in [-0.05, 0) is 42.9 Å². The number of rotatable bonds is 7. The van der Waals surface area contributed by atoms with Crippen molar-refractivity contribution in [2.24, 2.45) is 0 Å². The van der Waals surface area contributed by atoms with Gasteiger partial charge in [0.15, 0.2) is 0 Å². The predicted molar refractivity (Wildman–Crippen MR) is 79.0 cm³/mol. The molecule has 0 aliphatic heterocycles. The second-order valence-corrected chi connectivity index (χ2v) is 5.60. The minimum absolute atomic E-state index is 0.0919. The van der Waals surface area contributed by atoms with Gasteiger partial charge in [-0.15, -0.1) is 0 Å². The first-order valence-corrected chi connectivity index (χ1v) is 7.38. The van der Waals surface area contributed by atoms with Crippen LogP contribution < -0.4 is 5.32 Å². The molecule has 0 spiro atoms. The zero-order valence-corrected chi connectivity index (χ0v) is 12.2. The van der Waals surface area contributed by atoms with Crippen molar-refractivity contribution in [1.29, 1.82) is 0 Å². The first-order valence-electron chi connectivity index (χ1n) is 5.84. The van der Waals surface area contributed by atoms with Gasteiger partial charge in [0, 0.05) is 17.1 Å². The number of hydrogen-bond donors (Lipinski definition) is 2. The first-order chi connectivity index (χ1) is 8.99. The SMILES string of the molecule is Cc1cc(Cl)ccc1NC(=O)CSCCCC(=O)O.